The lowest BCUT2D eigenvalue weighted by molar-refractivity contribution is 0.261. The molecule has 11 heavy (non-hydrogen) atoms. The van der Waals surface area contributed by atoms with Crippen LogP contribution in [0.25, 0.3) is 0 Å². The number of hydrogen-bond donors (Lipinski definition) is 0. The molecular formula is C11H13. The molecule has 3 aliphatic rings. The first-order chi connectivity index (χ1) is 5.47. The molecule has 3 rings (SSSR count). The zero-order valence-corrected chi connectivity index (χ0v) is 6.77. The van der Waals surface area contributed by atoms with E-state index in [0.717, 1.165) is 18.3 Å². The second-order valence-corrected chi connectivity index (χ2v) is 3.95. The summed E-state index contributed by atoms with van der Waals surface area (Å²) in [5, 5.41) is 0. The number of allylic oxidation sites excluding steroid dienone is 4. The summed E-state index contributed by atoms with van der Waals surface area (Å²) >= 11 is 0. The maximum Gasteiger partial charge on any atom is -0.00855 e. The second kappa shape index (κ2) is 2.00. The molecule has 0 saturated heterocycles. The molecule has 57 valence electrons. The SMILES string of the molecule is [C]1=C2C(=CC1)C1CCCCC21. The molecule has 2 saturated carbocycles. The second-order valence-electron chi connectivity index (χ2n) is 3.95. The van der Waals surface area contributed by atoms with Gasteiger partial charge in [-0.15, -0.1) is 0 Å². The minimum Gasteiger partial charge on any atom is -0.0763 e. The lowest BCUT2D eigenvalue weighted by Crippen LogP contribution is -2.33. The predicted molar refractivity (Wildman–Crippen MR) is 44.9 cm³/mol. The van der Waals surface area contributed by atoms with Crippen LogP contribution in [0.4, 0.5) is 0 Å². The van der Waals surface area contributed by atoms with Crippen LogP contribution < -0.4 is 0 Å². The van der Waals surface area contributed by atoms with Gasteiger partial charge < -0.3 is 0 Å². The number of rotatable bonds is 0. The maximum atomic E-state index is 3.48. The Labute approximate surface area is 68.0 Å². The molecule has 1 radical (unpaired) electrons. The highest BCUT2D eigenvalue weighted by atomic mass is 14.5. The first-order valence-electron chi connectivity index (χ1n) is 4.78. The van der Waals surface area contributed by atoms with E-state index in [1.165, 1.54) is 25.7 Å². The van der Waals surface area contributed by atoms with Gasteiger partial charge in [-0.25, -0.2) is 0 Å². The molecule has 0 aromatic heterocycles. The minimum absolute atomic E-state index is 0.942. The summed E-state index contributed by atoms with van der Waals surface area (Å²) in [4.78, 5) is 0. The Bertz CT molecular complexity index is 219. The van der Waals surface area contributed by atoms with Crippen molar-refractivity contribution < 1.29 is 0 Å². The average Bonchev–Trinajstić information content (AvgIpc) is 2.44. The highest BCUT2D eigenvalue weighted by Crippen LogP contribution is 2.54. The summed E-state index contributed by atoms with van der Waals surface area (Å²) in [6, 6.07) is 0. The van der Waals surface area contributed by atoms with Crippen LogP contribution in [0.2, 0.25) is 0 Å². The molecule has 0 nitrogen and oxygen atoms in total. The molecule has 3 aliphatic carbocycles. The van der Waals surface area contributed by atoms with E-state index in [-0.39, 0.29) is 0 Å². The number of fused-ring (bicyclic) bond motifs is 4. The summed E-state index contributed by atoms with van der Waals surface area (Å²) in [6.07, 6.45) is 12.8. The van der Waals surface area contributed by atoms with Crippen LogP contribution in [0, 0.1) is 17.9 Å². The van der Waals surface area contributed by atoms with E-state index in [1.807, 2.05) is 0 Å². The first kappa shape index (κ1) is 6.05. The first-order valence-corrected chi connectivity index (χ1v) is 4.78. The van der Waals surface area contributed by atoms with Gasteiger partial charge in [-0.1, -0.05) is 18.9 Å². The van der Waals surface area contributed by atoms with E-state index < -0.39 is 0 Å². The van der Waals surface area contributed by atoms with E-state index >= 15 is 0 Å². The van der Waals surface area contributed by atoms with Gasteiger partial charge in [-0.2, -0.15) is 0 Å². The molecule has 0 aromatic carbocycles. The highest BCUT2D eigenvalue weighted by Gasteiger charge is 2.42. The van der Waals surface area contributed by atoms with Gasteiger partial charge in [0.1, 0.15) is 0 Å². The van der Waals surface area contributed by atoms with Crippen LogP contribution in [-0.2, 0) is 0 Å². The Kier molecular flexibility index (Phi) is 1.10. The largest absolute Gasteiger partial charge is 0.0763 e. The molecule has 0 aromatic rings. The Balaban J connectivity index is 1.93. The molecule has 2 unspecified atom stereocenters. The van der Waals surface area contributed by atoms with Crippen molar-refractivity contribution in [1.29, 1.82) is 0 Å². The quantitative estimate of drug-likeness (QED) is 0.491. The van der Waals surface area contributed by atoms with Gasteiger partial charge in [0.15, 0.2) is 0 Å². The van der Waals surface area contributed by atoms with Gasteiger partial charge in [-0.3, -0.25) is 0 Å². The van der Waals surface area contributed by atoms with Gasteiger partial charge >= 0.3 is 0 Å². The van der Waals surface area contributed by atoms with Crippen LogP contribution >= 0.6 is 0 Å². The van der Waals surface area contributed by atoms with Crippen molar-refractivity contribution in [1.82, 2.24) is 0 Å². The molecular weight excluding hydrogens is 132 g/mol. The molecule has 0 heteroatoms. The van der Waals surface area contributed by atoms with Gasteiger partial charge in [0.05, 0.1) is 0 Å². The monoisotopic (exact) mass is 145 g/mol. The van der Waals surface area contributed by atoms with E-state index in [1.54, 1.807) is 11.1 Å². The summed E-state index contributed by atoms with van der Waals surface area (Å²) in [5.74, 6) is 1.91. The Morgan fingerprint density at radius 1 is 1.18 bits per heavy atom. The molecule has 0 heterocycles. The van der Waals surface area contributed by atoms with Crippen LogP contribution in [0.3, 0.4) is 0 Å². The minimum atomic E-state index is 0.942. The zero-order chi connectivity index (χ0) is 7.26. The average molecular weight is 145 g/mol. The Morgan fingerprint density at radius 3 is 2.91 bits per heavy atom. The van der Waals surface area contributed by atoms with Crippen molar-refractivity contribution in [3.05, 3.63) is 23.3 Å². The summed E-state index contributed by atoms with van der Waals surface area (Å²) in [6.45, 7) is 0. The summed E-state index contributed by atoms with van der Waals surface area (Å²) < 4.78 is 0. The molecule has 0 amide bonds. The van der Waals surface area contributed by atoms with Gasteiger partial charge in [0.25, 0.3) is 0 Å². The van der Waals surface area contributed by atoms with Crippen molar-refractivity contribution in [3.63, 3.8) is 0 Å². The fraction of sp³-hybridized carbons (Fsp3) is 0.636. The van der Waals surface area contributed by atoms with Crippen molar-refractivity contribution >= 4 is 0 Å². The standard InChI is InChI=1S/C11H13/c1-2-5-9-8(4-1)10-6-3-7-11(9)10/h6,8-9H,1-5H2. The Hall–Kier alpha value is -0.520. The fourth-order valence-electron chi connectivity index (χ4n) is 2.93. The lowest BCUT2D eigenvalue weighted by atomic mass is 9.60. The smallest absolute Gasteiger partial charge is 0.00855 e. The lowest BCUT2D eigenvalue weighted by Gasteiger charge is -2.44. The fourth-order valence-corrected chi connectivity index (χ4v) is 2.93. The van der Waals surface area contributed by atoms with Gasteiger partial charge in [-0.05, 0) is 48.3 Å². The van der Waals surface area contributed by atoms with Crippen LogP contribution in [0.1, 0.15) is 32.1 Å². The van der Waals surface area contributed by atoms with Gasteiger partial charge in [0, 0.05) is 0 Å². The molecule has 0 bridgehead atoms. The van der Waals surface area contributed by atoms with E-state index in [0.29, 0.717) is 0 Å². The Morgan fingerprint density at radius 2 is 2.00 bits per heavy atom. The molecule has 2 fully saturated rings. The normalized spacial score (nSPS) is 40.0. The maximum absolute atomic E-state index is 3.48. The van der Waals surface area contributed by atoms with Gasteiger partial charge in [0.2, 0.25) is 0 Å². The summed E-state index contributed by atoms with van der Waals surface area (Å²) in [5.41, 5.74) is 3.28. The highest BCUT2D eigenvalue weighted by molar-refractivity contribution is 5.48. The van der Waals surface area contributed by atoms with E-state index in [2.05, 4.69) is 12.2 Å². The third-order valence-corrected chi connectivity index (χ3v) is 3.46. The van der Waals surface area contributed by atoms with Crippen molar-refractivity contribution in [3.8, 4) is 0 Å². The van der Waals surface area contributed by atoms with Crippen LogP contribution in [0.5, 0.6) is 0 Å². The zero-order valence-electron chi connectivity index (χ0n) is 6.77. The topological polar surface area (TPSA) is 0 Å². The van der Waals surface area contributed by atoms with E-state index in [4.69, 9.17) is 0 Å². The van der Waals surface area contributed by atoms with Crippen molar-refractivity contribution in [2.45, 2.75) is 32.1 Å². The molecule has 0 N–H and O–H groups in total. The van der Waals surface area contributed by atoms with E-state index in [9.17, 15) is 0 Å². The third kappa shape index (κ3) is 0.654. The van der Waals surface area contributed by atoms with Crippen LogP contribution in [0.15, 0.2) is 17.2 Å². The van der Waals surface area contributed by atoms with Crippen LogP contribution in [-0.4, -0.2) is 0 Å². The number of hydrogen-bond acceptors (Lipinski definition) is 0. The van der Waals surface area contributed by atoms with Crippen molar-refractivity contribution in [2.24, 2.45) is 11.8 Å². The summed E-state index contributed by atoms with van der Waals surface area (Å²) in [7, 11) is 0. The predicted octanol–water partition coefficient (Wildman–Crippen LogP) is 2.87. The third-order valence-electron chi connectivity index (χ3n) is 3.46. The molecule has 0 spiro atoms. The molecule has 0 aliphatic heterocycles. The molecule has 2 atom stereocenters. The van der Waals surface area contributed by atoms with Crippen molar-refractivity contribution in [2.75, 3.05) is 0 Å².